The van der Waals surface area contributed by atoms with E-state index in [2.05, 4.69) is 17.2 Å². The lowest BCUT2D eigenvalue weighted by molar-refractivity contribution is -0.125. The van der Waals surface area contributed by atoms with E-state index in [1.807, 2.05) is 0 Å². The molecule has 2 rings (SSSR count). The molecule has 0 aliphatic heterocycles. The summed E-state index contributed by atoms with van der Waals surface area (Å²) in [5.41, 5.74) is 1.03. The van der Waals surface area contributed by atoms with Crippen molar-refractivity contribution in [3.63, 3.8) is 0 Å². The van der Waals surface area contributed by atoms with Gasteiger partial charge in [0.05, 0.1) is 5.56 Å². The number of aromatic nitrogens is 1. The van der Waals surface area contributed by atoms with Gasteiger partial charge in [0, 0.05) is 17.8 Å². The van der Waals surface area contributed by atoms with Crippen LogP contribution in [0.15, 0.2) is 10.9 Å². The van der Waals surface area contributed by atoms with E-state index >= 15 is 0 Å². The van der Waals surface area contributed by atoms with Gasteiger partial charge in [-0.15, -0.1) is 0 Å². The Hall–Kier alpha value is -2.11. The number of nitrogens with one attached hydrogen (secondary N) is 2. The number of ether oxygens (including phenoxy) is 1. The lowest BCUT2D eigenvalue weighted by Gasteiger charge is -2.29. The molecule has 1 saturated carbocycles. The van der Waals surface area contributed by atoms with Gasteiger partial charge in [-0.25, -0.2) is 4.79 Å². The van der Waals surface area contributed by atoms with Crippen LogP contribution >= 0.6 is 0 Å². The molecule has 1 aromatic rings. The monoisotopic (exact) mass is 320 g/mol. The van der Waals surface area contributed by atoms with Crippen LogP contribution in [0.1, 0.15) is 54.2 Å². The molecular weight excluding hydrogens is 296 g/mol. The summed E-state index contributed by atoms with van der Waals surface area (Å²) in [4.78, 5) is 38.0. The molecule has 0 saturated heterocycles. The minimum absolute atomic E-state index is 0.159. The van der Waals surface area contributed by atoms with Gasteiger partial charge in [0.25, 0.3) is 5.91 Å². The fourth-order valence-electron chi connectivity index (χ4n) is 3.14. The Balaban J connectivity index is 1.91. The third-order valence-electron chi connectivity index (χ3n) is 4.42. The van der Waals surface area contributed by atoms with Gasteiger partial charge in [-0.05, 0) is 38.2 Å². The van der Waals surface area contributed by atoms with Crippen molar-refractivity contribution in [1.82, 2.24) is 10.3 Å². The number of aryl methyl sites for hydroxylation is 2. The van der Waals surface area contributed by atoms with Crippen LogP contribution in [0.3, 0.4) is 0 Å². The van der Waals surface area contributed by atoms with Gasteiger partial charge in [-0.2, -0.15) is 0 Å². The summed E-state index contributed by atoms with van der Waals surface area (Å²) in [6.07, 6.45) is 4.40. The number of pyridine rings is 1. The first-order valence-corrected chi connectivity index (χ1v) is 8.05. The zero-order chi connectivity index (χ0) is 17.0. The van der Waals surface area contributed by atoms with E-state index in [1.165, 1.54) is 12.5 Å². The molecule has 2 atom stereocenters. The molecule has 23 heavy (non-hydrogen) atoms. The van der Waals surface area contributed by atoms with Gasteiger partial charge in [0.1, 0.15) is 0 Å². The van der Waals surface area contributed by atoms with Crippen molar-refractivity contribution in [2.24, 2.45) is 5.92 Å². The fourth-order valence-corrected chi connectivity index (χ4v) is 3.14. The number of H-pyrrole nitrogens is 1. The van der Waals surface area contributed by atoms with Crippen LogP contribution in [0.5, 0.6) is 0 Å². The van der Waals surface area contributed by atoms with Crippen molar-refractivity contribution in [2.45, 2.75) is 52.5 Å². The van der Waals surface area contributed by atoms with Crippen molar-refractivity contribution in [3.05, 3.63) is 33.2 Å². The number of esters is 1. The van der Waals surface area contributed by atoms with E-state index in [4.69, 9.17) is 4.74 Å². The molecule has 1 aliphatic carbocycles. The second-order valence-electron chi connectivity index (χ2n) is 6.33. The average Bonchev–Trinajstić information content (AvgIpc) is 2.46. The van der Waals surface area contributed by atoms with E-state index in [0.29, 0.717) is 22.7 Å². The molecule has 6 heteroatoms. The second-order valence-corrected chi connectivity index (χ2v) is 6.33. The molecule has 0 aromatic carbocycles. The highest BCUT2D eigenvalue weighted by atomic mass is 16.5. The zero-order valence-electron chi connectivity index (χ0n) is 13.9. The lowest BCUT2D eigenvalue weighted by Crippen LogP contribution is -2.43. The molecule has 0 bridgehead atoms. The summed E-state index contributed by atoms with van der Waals surface area (Å²) in [6, 6.07) is 1.50. The molecule has 1 heterocycles. The molecule has 1 fully saturated rings. The highest BCUT2D eigenvalue weighted by molar-refractivity contribution is 5.93. The molecule has 1 amide bonds. The van der Waals surface area contributed by atoms with Crippen molar-refractivity contribution < 1.29 is 14.3 Å². The first kappa shape index (κ1) is 17.2. The minimum Gasteiger partial charge on any atom is -0.452 e. The molecule has 1 aliphatic rings. The molecule has 126 valence electrons. The summed E-state index contributed by atoms with van der Waals surface area (Å²) in [7, 11) is 0. The number of aromatic amines is 1. The van der Waals surface area contributed by atoms with Crippen LogP contribution in [-0.2, 0) is 9.53 Å². The first-order valence-electron chi connectivity index (χ1n) is 8.05. The van der Waals surface area contributed by atoms with E-state index in [-0.39, 0.29) is 24.1 Å². The van der Waals surface area contributed by atoms with Crippen molar-refractivity contribution in [2.75, 3.05) is 6.61 Å². The summed E-state index contributed by atoms with van der Waals surface area (Å²) in [6.45, 7) is 5.13. The van der Waals surface area contributed by atoms with E-state index in [0.717, 1.165) is 19.3 Å². The summed E-state index contributed by atoms with van der Waals surface area (Å²) >= 11 is 0. The Morgan fingerprint density at radius 3 is 2.65 bits per heavy atom. The molecule has 1 aromatic heterocycles. The molecule has 0 radical (unpaired) electrons. The van der Waals surface area contributed by atoms with Gasteiger partial charge in [0.15, 0.2) is 6.61 Å². The molecule has 2 N–H and O–H groups in total. The Morgan fingerprint density at radius 1 is 1.30 bits per heavy atom. The highest BCUT2D eigenvalue weighted by Gasteiger charge is 2.23. The molecular formula is C17H24N2O4. The van der Waals surface area contributed by atoms with Crippen LogP contribution < -0.4 is 10.9 Å². The summed E-state index contributed by atoms with van der Waals surface area (Å²) < 4.78 is 5.10. The number of carbonyl (C=O) groups excluding carboxylic acids is 2. The SMILES string of the molecule is Cc1cc(=O)[nH]c(C)c1C(=O)OCC(=O)NC1CCCCC1C. The third kappa shape index (κ3) is 4.43. The Morgan fingerprint density at radius 2 is 2.00 bits per heavy atom. The topological polar surface area (TPSA) is 88.3 Å². The zero-order valence-corrected chi connectivity index (χ0v) is 13.9. The van der Waals surface area contributed by atoms with Crippen LogP contribution in [0.4, 0.5) is 0 Å². The maximum Gasteiger partial charge on any atom is 0.340 e. The van der Waals surface area contributed by atoms with Gasteiger partial charge >= 0.3 is 5.97 Å². The van der Waals surface area contributed by atoms with Crippen LogP contribution in [0, 0.1) is 19.8 Å². The average molecular weight is 320 g/mol. The fraction of sp³-hybridized carbons (Fsp3) is 0.588. The third-order valence-corrected chi connectivity index (χ3v) is 4.42. The number of hydrogen-bond donors (Lipinski definition) is 2. The molecule has 2 unspecified atom stereocenters. The van der Waals surface area contributed by atoms with Crippen LogP contribution in [0.25, 0.3) is 0 Å². The van der Waals surface area contributed by atoms with E-state index in [9.17, 15) is 14.4 Å². The smallest absolute Gasteiger partial charge is 0.340 e. The number of hydrogen-bond acceptors (Lipinski definition) is 4. The van der Waals surface area contributed by atoms with Crippen molar-refractivity contribution >= 4 is 11.9 Å². The van der Waals surface area contributed by atoms with E-state index < -0.39 is 5.97 Å². The minimum atomic E-state index is -0.594. The number of rotatable bonds is 4. The maximum absolute atomic E-state index is 12.1. The van der Waals surface area contributed by atoms with Crippen molar-refractivity contribution in [3.8, 4) is 0 Å². The predicted molar refractivity (Wildman–Crippen MR) is 86.4 cm³/mol. The van der Waals surface area contributed by atoms with Crippen molar-refractivity contribution in [1.29, 1.82) is 0 Å². The quantitative estimate of drug-likeness (QED) is 0.829. The van der Waals surface area contributed by atoms with Crippen LogP contribution in [-0.4, -0.2) is 29.5 Å². The largest absolute Gasteiger partial charge is 0.452 e. The number of amides is 1. The maximum atomic E-state index is 12.1. The van der Waals surface area contributed by atoms with Gasteiger partial charge in [-0.3, -0.25) is 9.59 Å². The Labute approximate surface area is 135 Å². The standard InChI is InChI=1S/C17H24N2O4/c1-10-6-4-5-7-13(10)19-15(21)9-23-17(22)16-11(2)8-14(20)18-12(16)3/h8,10,13H,4-7,9H2,1-3H3,(H,18,20)(H,19,21). The second kappa shape index (κ2) is 7.44. The molecule has 0 spiro atoms. The lowest BCUT2D eigenvalue weighted by atomic mass is 9.86. The normalized spacial score (nSPS) is 20.8. The first-order chi connectivity index (χ1) is 10.9. The van der Waals surface area contributed by atoms with Gasteiger partial charge in [0.2, 0.25) is 5.56 Å². The predicted octanol–water partition coefficient (Wildman–Crippen LogP) is 1.84. The Kier molecular flexibility index (Phi) is 5.58. The summed E-state index contributed by atoms with van der Waals surface area (Å²) in [5, 5.41) is 2.94. The van der Waals surface area contributed by atoms with Gasteiger partial charge in [-0.1, -0.05) is 19.8 Å². The van der Waals surface area contributed by atoms with E-state index in [1.54, 1.807) is 13.8 Å². The Bertz CT molecular complexity index is 624. The van der Waals surface area contributed by atoms with Crippen LogP contribution in [0.2, 0.25) is 0 Å². The number of carbonyl (C=O) groups is 2. The van der Waals surface area contributed by atoms with Gasteiger partial charge < -0.3 is 15.0 Å². The molecule has 6 nitrogen and oxygen atoms in total. The summed E-state index contributed by atoms with van der Waals surface area (Å²) in [5.74, 6) is -0.424. The highest BCUT2D eigenvalue weighted by Crippen LogP contribution is 2.23.